The van der Waals surface area contributed by atoms with E-state index in [2.05, 4.69) is 12.6 Å². The van der Waals surface area contributed by atoms with E-state index in [0.717, 1.165) is 0 Å². The number of carbonyl (C=O) groups is 1. The molecule has 1 heterocycles. The number of hydrogen-bond donors (Lipinski definition) is 1. The molecule has 0 amide bonds. The number of thiophene rings is 1. The number of thiol groups is 1. The van der Waals surface area contributed by atoms with E-state index in [-0.39, 0.29) is 4.91 Å². The molecule has 14 heavy (non-hydrogen) atoms. The van der Waals surface area contributed by atoms with Gasteiger partial charge in [-0.2, -0.15) is 13.2 Å². The zero-order valence-corrected chi connectivity index (χ0v) is 8.42. The van der Waals surface area contributed by atoms with Gasteiger partial charge in [0.05, 0.1) is 0 Å². The third kappa shape index (κ3) is 2.88. The van der Waals surface area contributed by atoms with Crippen molar-refractivity contribution >= 4 is 34.7 Å². The molecule has 0 atom stereocenters. The molecule has 0 aromatic carbocycles. The van der Waals surface area contributed by atoms with Crippen LogP contribution in [0.15, 0.2) is 23.6 Å². The fraction of sp³-hybridized carbons (Fsp3) is 0.125. The normalized spacial score (nSPS) is 13.0. The summed E-state index contributed by atoms with van der Waals surface area (Å²) in [7, 11) is 0. The van der Waals surface area contributed by atoms with Gasteiger partial charge in [0.15, 0.2) is 0 Å². The van der Waals surface area contributed by atoms with Crippen LogP contribution in [0.1, 0.15) is 4.88 Å². The highest BCUT2D eigenvalue weighted by molar-refractivity contribution is 7.90. The van der Waals surface area contributed by atoms with Gasteiger partial charge in [-0.1, -0.05) is 6.07 Å². The highest BCUT2D eigenvalue weighted by Crippen LogP contribution is 2.25. The Bertz CT molecular complexity index is 351. The Hall–Kier alpha value is -0.750. The Balaban J connectivity index is 2.85. The number of ketones is 1. The van der Waals surface area contributed by atoms with Gasteiger partial charge in [-0.15, -0.1) is 24.0 Å². The Kier molecular flexibility index (Phi) is 3.38. The standard InChI is InChI=1S/C8H5F3OS2/c9-8(10,11)7(12)4-5(13)6-2-1-3-14-6/h1-4,13H. The number of carbonyl (C=O) groups excluding carboxylic acids is 1. The lowest BCUT2D eigenvalue weighted by atomic mass is 10.3. The predicted molar refractivity (Wildman–Crippen MR) is 52.3 cm³/mol. The molecule has 0 saturated carbocycles. The Morgan fingerprint density at radius 1 is 1.50 bits per heavy atom. The molecule has 1 rings (SSSR count). The van der Waals surface area contributed by atoms with Crippen molar-refractivity contribution in [1.29, 1.82) is 0 Å². The second-order valence-corrected chi connectivity index (χ2v) is 3.80. The van der Waals surface area contributed by atoms with Gasteiger partial charge in [-0.25, -0.2) is 0 Å². The van der Waals surface area contributed by atoms with E-state index in [0.29, 0.717) is 11.0 Å². The number of alkyl halides is 3. The van der Waals surface area contributed by atoms with Crippen molar-refractivity contribution in [3.63, 3.8) is 0 Å². The van der Waals surface area contributed by atoms with Crippen LogP contribution in [-0.2, 0) is 4.79 Å². The summed E-state index contributed by atoms with van der Waals surface area (Å²) in [6, 6.07) is 3.26. The topological polar surface area (TPSA) is 17.1 Å². The lowest BCUT2D eigenvalue weighted by molar-refractivity contribution is -0.165. The van der Waals surface area contributed by atoms with Gasteiger partial charge in [0.2, 0.25) is 0 Å². The highest BCUT2D eigenvalue weighted by Gasteiger charge is 2.36. The highest BCUT2D eigenvalue weighted by atomic mass is 32.1. The Morgan fingerprint density at radius 3 is 2.57 bits per heavy atom. The molecule has 1 aromatic heterocycles. The van der Waals surface area contributed by atoms with Crippen LogP contribution >= 0.6 is 24.0 Å². The second kappa shape index (κ2) is 4.18. The van der Waals surface area contributed by atoms with Gasteiger partial charge < -0.3 is 0 Å². The van der Waals surface area contributed by atoms with Gasteiger partial charge in [0, 0.05) is 15.9 Å². The van der Waals surface area contributed by atoms with Crippen molar-refractivity contribution in [1.82, 2.24) is 0 Å². The maximum atomic E-state index is 11.8. The summed E-state index contributed by atoms with van der Waals surface area (Å²) in [5, 5.41) is 1.69. The first-order chi connectivity index (χ1) is 6.41. The fourth-order valence-electron chi connectivity index (χ4n) is 0.701. The van der Waals surface area contributed by atoms with E-state index in [4.69, 9.17) is 0 Å². The first kappa shape index (κ1) is 11.3. The maximum absolute atomic E-state index is 11.8. The van der Waals surface area contributed by atoms with Gasteiger partial charge in [0.1, 0.15) is 0 Å². The van der Waals surface area contributed by atoms with Crippen molar-refractivity contribution in [3.05, 3.63) is 28.5 Å². The third-order valence-electron chi connectivity index (χ3n) is 1.32. The minimum atomic E-state index is -4.83. The van der Waals surface area contributed by atoms with Crippen LogP contribution in [-0.4, -0.2) is 12.0 Å². The van der Waals surface area contributed by atoms with E-state index >= 15 is 0 Å². The van der Waals surface area contributed by atoms with Crippen LogP contribution in [0.25, 0.3) is 4.91 Å². The van der Waals surface area contributed by atoms with E-state index in [1.807, 2.05) is 0 Å². The van der Waals surface area contributed by atoms with Crippen LogP contribution in [0.5, 0.6) is 0 Å². The molecule has 0 saturated heterocycles. The summed E-state index contributed by atoms with van der Waals surface area (Å²) >= 11 is 5.03. The average molecular weight is 238 g/mol. The van der Waals surface area contributed by atoms with E-state index in [9.17, 15) is 18.0 Å². The maximum Gasteiger partial charge on any atom is 0.454 e. The summed E-state index contributed by atoms with van der Waals surface area (Å²) in [5.41, 5.74) is 0. The molecule has 1 aromatic rings. The molecule has 6 heteroatoms. The van der Waals surface area contributed by atoms with Crippen LogP contribution < -0.4 is 0 Å². The largest absolute Gasteiger partial charge is 0.454 e. The SMILES string of the molecule is O=C(C=C(S)c1cccs1)C(F)(F)F. The lowest BCUT2D eigenvalue weighted by Gasteiger charge is -2.00. The number of allylic oxidation sites excluding steroid dienone is 1. The summed E-state index contributed by atoms with van der Waals surface area (Å²) in [4.78, 5) is 11.1. The van der Waals surface area contributed by atoms with Crippen LogP contribution in [0.2, 0.25) is 0 Å². The summed E-state index contributed by atoms with van der Waals surface area (Å²) in [5.74, 6) is -1.89. The first-order valence-electron chi connectivity index (χ1n) is 3.47. The molecule has 0 unspecified atom stereocenters. The lowest BCUT2D eigenvalue weighted by Crippen LogP contribution is -2.20. The van der Waals surface area contributed by atoms with Crippen LogP contribution in [0.4, 0.5) is 13.2 Å². The molecule has 0 spiro atoms. The number of hydrogen-bond acceptors (Lipinski definition) is 3. The van der Waals surface area contributed by atoms with Crippen molar-refractivity contribution < 1.29 is 18.0 Å². The molecule has 0 bridgehead atoms. The molecule has 0 aliphatic carbocycles. The summed E-state index contributed by atoms with van der Waals surface area (Å²) < 4.78 is 35.5. The molecular weight excluding hydrogens is 233 g/mol. The molecular formula is C8H5F3OS2. The van der Waals surface area contributed by atoms with Crippen LogP contribution in [0, 0.1) is 0 Å². The first-order valence-corrected chi connectivity index (χ1v) is 4.79. The number of rotatable bonds is 2. The predicted octanol–water partition coefficient (Wildman–Crippen LogP) is 3.15. The second-order valence-electron chi connectivity index (χ2n) is 2.37. The quantitative estimate of drug-likeness (QED) is 0.618. The summed E-state index contributed by atoms with van der Waals surface area (Å²) in [6.45, 7) is 0. The van der Waals surface area contributed by atoms with Crippen molar-refractivity contribution in [2.75, 3.05) is 0 Å². The smallest absolute Gasteiger partial charge is 0.285 e. The monoisotopic (exact) mass is 238 g/mol. The van der Waals surface area contributed by atoms with Gasteiger partial charge in [-0.3, -0.25) is 4.79 Å². The molecule has 0 aliphatic rings. The zero-order valence-electron chi connectivity index (χ0n) is 6.71. The Morgan fingerprint density at radius 2 is 2.14 bits per heavy atom. The van der Waals surface area contributed by atoms with Crippen molar-refractivity contribution in [3.8, 4) is 0 Å². The minimum Gasteiger partial charge on any atom is -0.285 e. The van der Waals surface area contributed by atoms with Gasteiger partial charge >= 0.3 is 6.18 Å². The minimum absolute atomic E-state index is 0.0299. The third-order valence-corrected chi connectivity index (χ3v) is 2.75. The average Bonchev–Trinajstić information content (AvgIpc) is 2.53. The van der Waals surface area contributed by atoms with E-state index in [1.54, 1.807) is 17.5 Å². The zero-order chi connectivity index (χ0) is 10.8. The van der Waals surface area contributed by atoms with Gasteiger partial charge in [-0.05, 0) is 11.4 Å². The van der Waals surface area contributed by atoms with E-state index < -0.39 is 12.0 Å². The van der Waals surface area contributed by atoms with Crippen molar-refractivity contribution in [2.45, 2.75) is 6.18 Å². The molecule has 0 N–H and O–H groups in total. The van der Waals surface area contributed by atoms with Crippen molar-refractivity contribution in [2.24, 2.45) is 0 Å². The fourth-order valence-corrected chi connectivity index (χ4v) is 1.69. The van der Waals surface area contributed by atoms with Crippen LogP contribution in [0.3, 0.4) is 0 Å². The molecule has 76 valence electrons. The Labute approximate surface area is 87.7 Å². The molecule has 0 aliphatic heterocycles. The molecule has 0 radical (unpaired) electrons. The molecule has 0 fully saturated rings. The van der Waals surface area contributed by atoms with E-state index in [1.165, 1.54) is 11.3 Å². The summed E-state index contributed by atoms with van der Waals surface area (Å²) in [6.07, 6.45) is -4.35. The van der Waals surface area contributed by atoms with Gasteiger partial charge in [0.25, 0.3) is 5.78 Å². The number of halogens is 3. The molecule has 1 nitrogen and oxygen atoms in total.